The molecule has 0 spiro atoms. The van der Waals surface area contributed by atoms with E-state index in [0.717, 1.165) is 12.1 Å². The quantitative estimate of drug-likeness (QED) is 0.629. The van der Waals surface area contributed by atoms with E-state index in [1.54, 1.807) is 0 Å². The van der Waals surface area contributed by atoms with E-state index in [9.17, 15) is 22.0 Å². The maximum atomic E-state index is 13.0. The molecule has 0 aliphatic rings. The number of primary sulfonamides is 1. The molecule has 0 aliphatic heterocycles. The number of hydrogen-bond donors (Lipinski definition) is 1. The van der Waals surface area contributed by atoms with Crippen LogP contribution in [-0.2, 0) is 14.8 Å². The predicted octanol–water partition coefficient (Wildman–Crippen LogP) is 1.85. The van der Waals surface area contributed by atoms with E-state index in [1.807, 2.05) is 0 Å². The topological polar surface area (TPSA) is 95.7 Å². The van der Waals surface area contributed by atoms with Gasteiger partial charge in [-0.3, -0.25) is 0 Å². The van der Waals surface area contributed by atoms with E-state index < -0.39 is 27.6 Å². The van der Waals surface area contributed by atoms with Crippen molar-refractivity contribution in [3.05, 3.63) is 59.7 Å². The number of esters is 1. The second kappa shape index (κ2) is 7.37. The summed E-state index contributed by atoms with van der Waals surface area (Å²) < 4.78 is 58.2. The van der Waals surface area contributed by atoms with Crippen LogP contribution in [0.4, 0.5) is 8.78 Å². The van der Waals surface area contributed by atoms with Gasteiger partial charge >= 0.3 is 5.97 Å². The van der Waals surface area contributed by atoms with Gasteiger partial charge in [0.15, 0.2) is 0 Å². The van der Waals surface area contributed by atoms with Crippen LogP contribution in [-0.4, -0.2) is 27.6 Å². The monoisotopic (exact) mass is 357 g/mol. The summed E-state index contributed by atoms with van der Waals surface area (Å²) in [6.07, 6.45) is 0. The molecular formula is C15H13F2NO5S. The molecule has 0 bridgehead atoms. The number of nitrogens with two attached hydrogens (primary N) is 1. The fourth-order valence-electron chi connectivity index (χ4n) is 1.77. The molecule has 2 N–H and O–H groups in total. The molecule has 0 aromatic heterocycles. The third kappa shape index (κ3) is 5.00. The summed E-state index contributed by atoms with van der Waals surface area (Å²) in [7, 11) is -3.78. The summed E-state index contributed by atoms with van der Waals surface area (Å²) in [6.45, 7) is -0.188. The standard InChI is InChI=1S/C15H13F2NO5S/c16-11-7-10(8-12(17)9-11)15(19)23-6-5-22-13-1-3-14(4-2-13)24(18,20)21/h1-4,7-9H,5-6H2,(H2,18,20,21). The molecule has 24 heavy (non-hydrogen) atoms. The summed E-state index contributed by atoms with van der Waals surface area (Å²) in [4.78, 5) is 11.6. The minimum absolute atomic E-state index is 0.0295. The Morgan fingerprint density at radius 3 is 2.12 bits per heavy atom. The number of sulfonamides is 1. The van der Waals surface area contributed by atoms with Gasteiger partial charge in [-0.25, -0.2) is 27.1 Å². The first kappa shape index (κ1) is 17.8. The maximum Gasteiger partial charge on any atom is 0.338 e. The smallest absolute Gasteiger partial charge is 0.338 e. The van der Waals surface area contributed by atoms with Crippen LogP contribution in [0.5, 0.6) is 5.75 Å². The van der Waals surface area contributed by atoms with Crippen molar-refractivity contribution < 1.29 is 31.5 Å². The molecule has 0 amide bonds. The zero-order valence-corrected chi connectivity index (χ0v) is 13.1. The normalized spacial score (nSPS) is 11.1. The molecule has 2 rings (SSSR count). The maximum absolute atomic E-state index is 13.0. The summed E-state index contributed by atoms with van der Waals surface area (Å²) >= 11 is 0. The SMILES string of the molecule is NS(=O)(=O)c1ccc(OCCOC(=O)c2cc(F)cc(F)c2)cc1. The minimum Gasteiger partial charge on any atom is -0.490 e. The van der Waals surface area contributed by atoms with E-state index in [0.29, 0.717) is 11.8 Å². The molecule has 0 saturated heterocycles. The first-order chi connectivity index (χ1) is 11.3. The first-order valence-corrected chi connectivity index (χ1v) is 8.19. The molecule has 9 heteroatoms. The number of hydrogen-bond acceptors (Lipinski definition) is 5. The Morgan fingerprint density at radius 1 is 1.00 bits per heavy atom. The van der Waals surface area contributed by atoms with E-state index in [1.165, 1.54) is 24.3 Å². The average molecular weight is 357 g/mol. The number of carbonyl (C=O) groups excluding carboxylic acids is 1. The van der Waals surface area contributed by atoms with Crippen molar-refractivity contribution >= 4 is 16.0 Å². The Kier molecular flexibility index (Phi) is 5.47. The van der Waals surface area contributed by atoms with Gasteiger partial charge in [0.2, 0.25) is 10.0 Å². The van der Waals surface area contributed by atoms with Crippen LogP contribution in [0.15, 0.2) is 47.4 Å². The molecule has 0 heterocycles. The molecule has 128 valence electrons. The van der Waals surface area contributed by atoms with Crippen LogP contribution in [0.25, 0.3) is 0 Å². The van der Waals surface area contributed by atoms with Crippen molar-refractivity contribution in [2.24, 2.45) is 5.14 Å². The van der Waals surface area contributed by atoms with E-state index >= 15 is 0 Å². The Balaban J connectivity index is 1.83. The van der Waals surface area contributed by atoms with Crippen molar-refractivity contribution in [1.29, 1.82) is 0 Å². The Labute approximate surface area is 136 Å². The van der Waals surface area contributed by atoms with Crippen LogP contribution >= 0.6 is 0 Å². The van der Waals surface area contributed by atoms with Crippen LogP contribution in [0.1, 0.15) is 10.4 Å². The third-order valence-corrected chi connectivity index (χ3v) is 3.76. The average Bonchev–Trinajstić information content (AvgIpc) is 2.50. The lowest BCUT2D eigenvalue weighted by atomic mass is 10.2. The van der Waals surface area contributed by atoms with Gasteiger partial charge in [0.1, 0.15) is 30.6 Å². The number of rotatable bonds is 6. The van der Waals surface area contributed by atoms with Gasteiger partial charge in [0.25, 0.3) is 0 Å². The van der Waals surface area contributed by atoms with Crippen LogP contribution in [0.3, 0.4) is 0 Å². The second-order valence-corrected chi connectivity index (χ2v) is 6.22. The zero-order chi connectivity index (χ0) is 17.7. The van der Waals surface area contributed by atoms with Gasteiger partial charge < -0.3 is 9.47 Å². The van der Waals surface area contributed by atoms with Crippen LogP contribution in [0, 0.1) is 11.6 Å². The summed E-state index contributed by atoms with van der Waals surface area (Å²) in [5, 5.41) is 4.96. The second-order valence-electron chi connectivity index (χ2n) is 4.66. The summed E-state index contributed by atoms with van der Waals surface area (Å²) in [5.74, 6) is -2.31. The molecule has 0 atom stereocenters. The molecule has 0 aliphatic carbocycles. The number of ether oxygens (including phenoxy) is 2. The van der Waals surface area contributed by atoms with Gasteiger partial charge in [0.05, 0.1) is 10.5 Å². The van der Waals surface area contributed by atoms with Crippen molar-refractivity contribution in [1.82, 2.24) is 0 Å². The highest BCUT2D eigenvalue weighted by Gasteiger charge is 2.11. The molecule has 0 fully saturated rings. The molecule has 2 aromatic rings. The first-order valence-electron chi connectivity index (χ1n) is 6.64. The lowest BCUT2D eigenvalue weighted by Crippen LogP contribution is -2.13. The number of halogens is 2. The molecular weight excluding hydrogens is 344 g/mol. The summed E-state index contributed by atoms with van der Waals surface area (Å²) in [5.41, 5.74) is -0.245. The third-order valence-electron chi connectivity index (χ3n) is 2.84. The lowest BCUT2D eigenvalue weighted by molar-refractivity contribution is 0.0449. The zero-order valence-electron chi connectivity index (χ0n) is 12.2. The Hall–Kier alpha value is -2.52. The van der Waals surface area contributed by atoms with Crippen molar-refractivity contribution in [2.75, 3.05) is 13.2 Å². The number of benzene rings is 2. The fraction of sp³-hybridized carbons (Fsp3) is 0.133. The van der Waals surface area contributed by atoms with Gasteiger partial charge in [0, 0.05) is 6.07 Å². The highest BCUT2D eigenvalue weighted by atomic mass is 32.2. The van der Waals surface area contributed by atoms with Crippen molar-refractivity contribution in [3.63, 3.8) is 0 Å². The Morgan fingerprint density at radius 2 is 1.58 bits per heavy atom. The van der Waals surface area contributed by atoms with Gasteiger partial charge in [-0.2, -0.15) is 0 Å². The van der Waals surface area contributed by atoms with E-state index in [4.69, 9.17) is 14.6 Å². The van der Waals surface area contributed by atoms with E-state index in [2.05, 4.69) is 0 Å². The molecule has 0 radical (unpaired) electrons. The molecule has 6 nitrogen and oxygen atoms in total. The molecule has 0 unspecified atom stereocenters. The van der Waals surface area contributed by atoms with Crippen LogP contribution < -0.4 is 9.88 Å². The minimum atomic E-state index is -3.78. The summed E-state index contributed by atoms with van der Waals surface area (Å²) in [6, 6.07) is 7.69. The van der Waals surface area contributed by atoms with Crippen molar-refractivity contribution in [3.8, 4) is 5.75 Å². The molecule has 0 saturated carbocycles. The van der Waals surface area contributed by atoms with Gasteiger partial charge in [-0.15, -0.1) is 0 Å². The highest BCUT2D eigenvalue weighted by Crippen LogP contribution is 2.15. The fourth-order valence-corrected chi connectivity index (χ4v) is 2.29. The molecule has 2 aromatic carbocycles. The predicted molar refractivity (Wildman–Crippen MR) is 80.0 cm³/mol. The number of carbonyl (C=O) groups is 1. The lowest BCUT2D eigenvalue weighted by Gasteiger charge is -2.08. The highest BCUT2D eigenvalue weighted by molar-refractivity contribution is 7.89. The van der Waals surface area contributed by atoms with Crippen molar-refractivity contribution in [2.45, 2.75) is 4.90 Å². The van der Waals surface area contributed by atoms with E-state index in [-0.39, 0.29) is 23.7 Å². The Bertz CT molecular complexity index is 817. The van der Waals surface area contributed by atoms with Crippen LogP contribution in [0.2, 0.25) is 0 Å². The van der Waals surface area contributed by atoms with Gasteiger partial charge in [-0.1, -0.05) is 0 Å². The van der Waals surface area contributed by atoms with Gasteiger partial charge in [-0.05, 0) is 36.4 Å². The largest absolute Gasteiger partial charge is 0.490 e.